The summed E-state index contributed by atoms with van der Waals surface area (Å²) in [7, 11) is 0. The zero-order valence-electron chi connectivity index (χ0n) is 18.5. The Labute approximate surface area is 194 Å². The predicted molar refractivity (Wildman–Crippen MR) is 130 cm³/mol. The van der Waals surface area contributed by atoms with Gasteiger partial charge in [-0.05, 0) is 75.4 Å². The van der Waals surface area contributed by atoms with Gasteiger partial charge in [-0.3, -0.25) is 14.2 Å². The van der Waals surface area contributed by atoms with Crippen LogP contribution in [0.25, 0.3) is 21.6 Å². The van der Waals surface area contributed by atoms with Crippen molar-refractivity contribution in [3.63, 3.8) is 0 Å². The maximum Gasteiger partial charge on any atom is 0.263 e. The molecule has 2 aromatic carbocycles. The molecule has 1 amide bonds. The number of rotatable bonds is 4. The van der Waals surface area contributed by atoms with Gasteiger partial charge in [0.2, 0.25) is 5.91 Å². The van der Waals surface area contributed by atoms with E-state index in [0.29, 0.717) is 16.9 Å². The molecule has 0 radical (unpaired) electrons. The second kappa shape index (κ2) is 8.56. The SMILES string of the molecule is Cc1cccc(-c2nc3sc4c(c3c(=O)n2C(C)C(=O)Nc2ccc(F)cc2)CCCC4)c1. The minimum atomic E-state index is -0.811. The Balaban J connectivity index is 1.67. The molecule has 2 heterocycles. The molecule has 33 heavy (non-hydrogen) atoms. The molecular formula is C26H24FN3O2S. The number of thiophene rings is 1. The molecule has 2 aromatic heterocycles. The summed E-state index contributed by atoms with van der Waals surface area (Å²) in [6.45, 7) is 3.69. The van der Waals surface area contributed by atoms with Crippen LogP contribution in [0.1, 0.15) is 41.8 Å². The van der Waals surface area contributed by atoms with E-state index in [1.807, 2.05) is 31.2 Å². The van der Waals surface area contributed by atoms with Crippen LogP contribution < -0.4 is 10.9 Å². The van der Waals surface area contributed by atoms with Gasteiger partial charge in [0, 0.05) is 16.1 Å². The lowest BCUT2D eigenvalue weighted by Crippen LogP contribution is -2.33. The molecule has 0 spiro atoms. The van der Waals surface area contributed by atoms with Gasteiger partial charge in [-0.1, -0.05) is 23.8 Å². The fourth-order valence-electron chi connectivity index (χ4n) is 4.46. The first kappa shape index (κ1) is 21.5. The summed E-state index contributed by atoms with van der Waals surface area (Å²) < 4.78 is 14.8. The first-order valence-electron chi connectivity index (χ1n) is 11.1. The summed E-state index contributed by atoms with van der Waals surface area (Å²) in [4.78, 5) is 34.0. The highest BCUT2D eigenvalue weighted by atomic mass is 32.1. The molecule has 5 nitrogen and oxygen atoms in total. The first-order chi connectivity index (χ1) is 15.9. The van der Waals surface area contributed by atoms with Crippen LogP contribution in [0.3, 0.4) is 0 Å². The van der Waals surface area contributed by atoms with Gasteiger partial charge in [0.1, 0.15) is 22.5 Å². The summed E-state index contributed by atoms with van der Waals surface area (Å²) in [5.41, 5.74) is 3.22. The number of hydrogen-bond acceptors (Lipinski definition) is 4. The highest BCUT2D eigenvalue weighted by Gasteiger charge is 2.27. The molecule has 0 bridgehead atoms. The molecule has 168 valence electrons. The lowest BCUT2D eigenvalue weighted by Gasteiger charge is -2.20. The number of benzene rings is 2. The van der Waals surface area contributed by atoms with Gasteiger partial charge in [-0.2, -0.15) is 0 Å². The van der Waals surface area contributed by atoms with E-state index >= 15 is 0 Å². The monoisotopic (exact) mass is 461 g/mol. The number of nitrogens with zero attached hydrogens (tertiary/aromatic N) is 2. The number of carbonyl (C=O) groups is 1. The van der Waals surface area contributed by atoms with Crippen molar-refractivity contribution in [2.75, 3.05) is 5.32 Å². The number of anilines is 1. The molecule has 0 fully saturated rings. The predicted octanol–water partition coefficient (Wildman–Crippen LogP) is 5.65. The summed E-state index contributed by atoms with van der Waals surface area (Å²) >= 11 is 1.60. The Morgan fingerprint density at radius 2 is 1.91 bits per heavy atom. The van der Waals surface area contributed by atoms with Crippen LogP contribution >= 0.6 is 11.3 Å². The van der Waals surface area contributed by atoms with Crippen LogP contribution in [0.4, 0.5) is 10.1 Å². The van der Waals surface area contributed by atoms with E-state index in [2.05, 4.69) is 5.32 Å². The Hall–Kier alpha value is -3.32. The Bertz CT molecular complexity index is 1420. The molecule has 0 saturated carbocycles. The van der Waals surface area contributed by atoms with Crippen molar-refractivity contribution in [3.05, 3.63) is 80.7 Å². The van der Waals surface area contributed by atoms with Crippen LogP contribution in [0, 0.1) is 12.7 Å². The van der Waals surface area contributed by atoms with Gasteiger partial charge >= 0.3 is 0 Å². The lowest BCUT2D eigenvalue weighted by molar-refractivity contribution is -0.118. The lowest BCUT2D eigenvalue weighted by atomic mass is 9.97. The number of aromatic nitrogens is 2. The maximum atomic E-state index is 13.9. The number of nitrogens with one attached hydrogen (secondary N) is 1. The molecule has 5 rings (SSSR count). The van der Waals surface area contributed by atoms with Gasteiger partial charge in [0.25, 0.3) is 5.56 Å². The molecule has 1 aliphatic carbocycles. The van der Waals surface area contributed by atoms with Crippen LogP contribution in [0.2, 0.25) is 0 Å². The minimum Gasteiger partial charge on any atom is -0.324 e. The van der Waals surface area contributed by atoms with Gasteiger partial charge in [0.15, 0.2) is 0 Å². The zero-order chi connectivity index (χ0) is 23.1. The zero-order valence-corrected chi connectivity index (χ0v) is 19.3. The van der Waals surface area contributed by atoms with E-state index in [0.717, 1.165) is 47.2 Å². The van der Waals surface area contributed by atoms with Crippen molar-refractivity contribution in [2.24, 2.45) is 0 Å². The average molecular weight is 462 g/mol. The van der Waals surface area contributed by atoms with Crippen molar-refractivity contribution >= 4 is 33.1 Å². The number of carbonyl (C=O) groups excluding carboxylic acids is 1. The van der Waals surface area contributed by atoms with Gasteiger partial charge in [-0.25, -0.2) is 9.37 Å². The van der Waals surface area contributed by atoms with Crippen LogP contribution in [-0.2, 0) is 17.6 Å². The number of aryl methyl sites for hydroxylation is 3. The molecule has 0 aliphatic heterocycles. The van der Waals surface area contributed by atoms with Gasteiger partial charge in [0.05, 0.1) is 5.39 Å². The van der Waals surface area contributed by atoms with E-state index in [1.165, 1.54) is 33.7 Å². The smallest absolute Gasteiger partial charge is 0.263 e. The Kier molecular flexibility index (Phi) is 5.58. The number of fused-ring (bicyclic) bond motifs is 3. The van der Waals surface area contributed by atoms with E-state index in [9.17, 15) is 14.0 Å². The molecule has 1 unspecified atom stereocenters. The maximum absolute atomic E-state index is 13.9. The average Bonchev–Trinajstić information content (AvgIpc) is 3.19. The molecule has 1 N–H and O–H groups in total. The van der Waals surface area contributed by atoms with Crippen LogP contribution in [0.15, 0.2) is 53.3 Å². The molecule has 1 aliphatic rings. The van der Waals surface area contributed by atoms with Crippen molar-refractivity contribution in [2.45, 2.75) is 45.6 Å². The normalized spacial score (nSPS) is 14.2. The third-order valence-electron chi connectivity index (χ3n) is 6.18. The number of halogens is 1. The number of amides is 1. The molecular weight excluding hydrogens is 437 g/mol. The van der Waals surface area contributed by atoms with E-state index in [-0.39, 0.29) is 17.3 Å². The van der Waals surface area contributed by atoms with Crippen molar-refractivity contribution in [1.29, 1.82) is 0 Å². The van der Waals surface area contributed by atoms with E-state index < -0.39 is 6.04 Å². The Morgan fingerprint density at radius 1 is 1.15 bits per heavy atom. The molecule has 4 aromatic rings. The molecule has 0 saturated heterocycles. The second-order valence-corrected chi connectivity index (χ2v) is 9.63. The highest BCUT2D eigenvalue weighted by molar-refractivity contribution is 7.18. The van der Waals surface area contributed by atoms with Crippen molar-refractivity contribution in [1.82, 2.24) is 9.55 Å². The van der Waals surface area contributed by atoms with E-state index in [1.54, 1.807) is 18.3 Å². The topological polar surface area (TPSA) is 64.0 Å². The standard InChI is InChI=1S/C26H24FN3O2S/c1-15-6-5-7-17(14-15)23-29-25-22(20-8-3-4-9-21(20)33-25)26(32)30(23)16(2)24(31)28-19-12-10-18(27)11-13-19/h5-7,10-14,16H,3-4,8-9H2,1-2H3,(H,28,31). The van der Waals surface area contributed by atoms with Crippen LogP contribution in [0.5, 0.6) is 0 Å². The van der Waals surface area contributed by atoms with Crippen molar-refractivity contribution < 1.29 is 9.18 Å². The highest BCUT2D eigenvalue weighted by Crippen LogP contribution is 2.35. The summed E-state index contributed by atoms with van der Waals surface area (Å²) in [5, 5.41) is 3.44. The minimum absolute atomic E-state index is 0.183. The molecule has 1 atom stereocenters. The fraction of sp³-hybridized carbons (Fsp3) is 0.269. The van der Waals surface area contributed by atoms with Gasteiger partial charge < -0.3 is 5.32 Å². The van der Waals surface area contributed by atoms with Crippen LogP contribution in [-0.4, -0.2) is 15.5 Å². The summed E-state index contributed by atoms with van der Waals surface area (Å²) in [6, 6.07) is 12.6. The quantitative estimate of drug-likeness (QED) is 0.427. The van der Waals surface area contributed by atoms with Crippen molar-refractivity contribution in [3.8, 4) is 11.4 Å². The van der Waals surface area contributed by atoms with Gasteiger partial charge in [-0.15, -0.1) is 11.3 Å². The van der Waals surface area contributed by atoms with E-state index in [4.69, 9.17) is 4.98 Å². The largest absolute Gasteiger partial charge is 0.324 e. The summed E-state index contributed by atoms with van der Waals surface area (Å²) in [5.74, 6) is -0.254. The second-order valence-electron chi connectivity index (χ2n) is 8.54. The fourth-order valence-corrected chi connectivity index (χ4v) is 5.71. The third kappa shape index (κ3) is 3.97. The molecule has 7 heteroatoms. The third-order valence-corrected chi connectivity index (χ3v) is 7.36. The summed E-state index contributed by atoms with van der Waals surface area (Å²) in [6.07, 6.45) is 4.01. The Morgan fingerprint density at radius 3 is 2.67 bits per heavy atom. The first-order valence-corrected chi connectivity index (χ1v) is 11.9. The number of hydrogen-bond donors (Lipinski definition) is 1.